The molecule has 8 nitrogen and oxygen atoms in total. The van der Waals surface area contributed by atoms with E-state index in [1.165, 1.54) is 10.7 Å². The molecule has 9 heteroatoms. The van der Waals surface area contributed by atoms with Gasteiger partial charge < -0.3 is 18.8 Å². The molecule has 2 aromatic heterocycles. The lowest BCUT2D eigenvalue weighted by molar-refractivity contribution is 0.0517. The Bertz CT molecular complexity index is 1660. The van der Waals surface area contributed by atoms with Crippen molar-refractivity contribution in [1.29, 1.82) is 0 Å². The fraction of sp³-hybridized carbons (Fsp3) is 0.138. The highest BCUT2D eigenvalue weighted by atomic mass is 35.5. The third kappa shape index (κ3) is 4.99. The van der Waals surface area contributed by atoms with Gasteiger partial charge in [0.05, 0.1) is 24.4 Å². The summed E-state index contributed by atoms with van der Waals surface area (Å²) in [5.74, 6) is 1.28. The summed E-state index contributed by atoms with van der Waals surface area (Å²) >= 11 is 6.66. The molecule has 0 saturated heterocycles. The molecule has 38 heavy (non-hydrogen) atoms. The van der Waals surface area contributed by atoms with Crippen LogP contribution in [0.2, 0.25) is 5.02 Å². The minimum atomic E-state index is -0.621. The van der Waals surface area contributed by atoms with Crippen LogP contribution in [0.3, 0.4) is 0 Å². The molecule has 0 unspecified atom stereocenters. The number of carbonyl (C=O) groups is 1. The number of benzene rings is 3. The van der Waals surface area contributed by atoms with Crippen molar-refractivity contribution in [1.82, 2.24) is 14.3 Å². The van der Waals surface area contributed by atoms with E-state index in [4.69, 9.17) is 25.8 Å². The number of fused-ring (bicyclic) bond motifs is 1. The lowest BCUT2D eigenvalue weighted by Crippen LogP contribution is -2.15. The number of halogens is 1. The predicted octanol–water partition coefficient (Wildman–Crippen LogP) is 5.87. The van der Waals surface area contributed by atoms with Crippen molar-refractivity contribution >= 4 is 28.6 Å². The van der Waals surface area contributed by atoms with Gasteiger partial charge in [0.15, 0.2) is 11.2 Å². The number of para-hydroxylation sites is 1. The van der Waals surface area contributed by atoms with Crippen molar-refractivity contribution in [2.45, 2.75) is 13.5 Å². The Labute approximate surface area is 223 Å². The summed E-state index contributed by atoms with van der Waals surface area (Å²) in [7, 11) is 1.60. The molecule has 5 aromatic rings. The molecule has 0 saturated carbocycles. The first-order chi connectivity index (χ1) is 18.5. The summed E-state index contributed by atoms with van der Waals surface area (Å²) in [6, 6.07) is 23.3. The third-order valence-electron chi connectivity index (χ3n) is 5.89. The monoisotopic (exact) mass is 529 g/mol. The van der Waals surface area contributed by atoms with E-state index in [1.54, 1.807) is 43.0 Å². The Kier molecular flexibility index (Phi) is 7.15. The molecule has 0 fully saturated rings. The molecule has 0 atom stereocenters. The Hall–Kier alpha value is -4.56. The maximum atomic E-state index is 13.3. The standard InChI is InChI=1S/C29H24ClN3O5/c1-3-37-29(35)28-27-26(25(34)15-16-32(27)18-19-9-11-20(36-2)12-10-19)31-33(28)24-14-13-22(17-23(24)30)38-21-7-5-4-6-8-21/h4-17H,3,18H2,1-2H3. The molecule has 0 N–H and O–H groups in total. The third-order valence-corrected chi connectivity index (χ3v) is 6.20. The fourth-order valence-electron chi connectivity index (χ4n) is 4.12. The van der Waals surface area contributed by atoms with Gasteiger partial charge in [-0.2, -0.15) is 5.10 Å². The predicted molar refractivity (Wildman–Crippen MR) is 145 cm³/mol. The van der Waals surface area contributed by atoms with E-state index in [1.807, 2.05) is 54.6 Å². The molecule has 0 aliphatic heterocycles. The van der Waals surface area contributed by atoms with Gasteiger partial charge in [0, 0.05) is 24.9 Å². The zero-order chi connectivity index (χ0) is 26.6. The quantitative estimate of drug-likeness (QED) is 0.234. The number of carbonyl (C=O) groups excluding carboxylic acids is 1. The summed E-state index contributed by atoms with van der Waals surface area (Å²) in [4.78, 5) is 26.1. The van der Waals surface area contributed by atoms with Crippen LogP contribution in [0, 0.1) is 0 Å². The number of methoxy groups -OCH3 is 1. The van der Waals surface area contributed by atoms with Gasteiger partial charge in [0.25, 0.3) is 0 Å². The van der Waals surface area contributed by atoms with Gasteiger partial charge in [-0.1, -0.05) is 41.9 Å². The summed E-state index contributed by atoms with van der Waals surface area (Å²) in [6.45, 7) is 2.25. The largest absolute Gasteiger partial charge is 0.497 e. The van der Waals surface area contributed by atoms with Gasteiger partial charge in [-0.3, -0.25) is 4.79 Å². The maximum absolute atomic E-state index is 13.3. The normalized spacial score (nSPS) is 10.9. The highest BCUT2D eigenvalue weighted by Gasteiger charge is 2.26. The van der Waals surface area contributed by atoms with Gasteiger partial charge in [0.1, 0.15) is 22.8 Å². The molecule has 0 bridgehead atoms. The van der Waals surface area contributed by atoms with Crippen LogP contribution in [0.5, 0.6) is 17.2 Å². The van der Waals surface area contributed by atoms with E-state index >= 15 is 0 Å². The maximum Gasteiger partial charge on any atom is 0.359 e. The van der Waals surface area contributed by atoms with Crippen LogP contribution in [-0.4, -0.2) is 34.0 Å². The van der Waals surface area contributed by atoms with Gasteiger partial charge in [-0.25, -0.2) is 9.48 Å². The molecule has 2 heterocycles. The lowest BCUT2D eigenvalue weighted by atomic mass is 10.2. The second-order valence-corrected chi connectivity index (χ2v) is 8.77. The molecule has 0 aliphatic rings. The highest BCUT2D eigenvalue weighted by Crippen LogP contribution is 2.31. The molecule has 0 radical (unpaired) electrons. The number of esters is 1. The number of ether oxygens (including phenoxy) is 3. The fourth-order valence-corrected chi connectivity index (χ4v) is 4.37. The Morgan fingerprint density at radius 3 is 2.37 bits per heavy atom. The second-order valence-electron chi connectivity index (χ2n) is 8.36. The first-order valence-electron chi connectivity index (χ1n) is 11.9. The summed E-state index contributed by atoms with van der Waals surface area (Å²) in [5.41, 5.74) is 1.61. The second kappa shape index (κ2) is 10.8. The topological polar surface area (TPSA) is 84.6 Å². The molecule has 192 valence electrons. The SMILES string of the molecule is CCOC(=O)c1c2c(nn1-c1ccc(Oc3ccccc3)cc1Cl)c(=O)ccn2Cc1ccc(OC)cc1. The number of hydrogen-bond donors (Lipinski definition) is 0. The van der Waals surface area contributed by atoms with Crippen LogP contribution in [0.25, 0.3) is 16.7 Å². The summed E-state index contributed by atoms with van der Waals surface area (Å²) in [5, 5.41) is 4.81. The van der Waals surface area contributed by atoms with E-state index in [0.717, 1.165) is 11.3 Å². The molecular weight excluding hydrogens is 506 g/mol. The Morgan fingerprint density at radius 1 is 0.947 bits per heavy atom. The number of nitrogens with zero attached hydrogens (tertiary/aromatic N) is 3. The molecule has 0 aliphatic carbocycles. The van der Waals surface area contributed by atoms with Crippen LogP contribution in [0.4, 0.5) is 0 Å². The van der Waals surface area contributed by atoms with Gasteiger partial charge >= 0.3 is 5.97 Å². The van der Waals surface area contributed by atoms with Crippen LogP contribution in [-0.2, 0) is 11.3 Å². The average molecular weight is 530 g/mol. The van der Waals surface area contributed by atoms with E-state index in [-0.39, 0.29) is 28.3 Å². The number of rotatable bonds is 8. The van der Waals surface area contributed by atoms with Crippen LogP contribution in [0.1, 0.15) is 23.0 Å². The molecule has 0 amide bonds. The van der Waals surface area contributed by atoms with Crippen molar-refractivity contribution in [2.75, 3.05) is 13.7 Å². The van der Waals surface area contributed by atoms with E-state index in [2.05, 4.69) is 5.10 Å². The van der Waals surface area contributed by atoms with Gasteiger partial charge in [-0.05, 0) is 48.9 Å². The molecule has 0 spiro atoms. The van der Waals surface area contributed by atoms with Crippen molar-refractivity contribution in [3.63, 3.8) is 0 Å². The number of pyridine rings is 1. The van der Waals surface area contributed by atoms with Crippen LogP contribution >= 0.6 is 11.6 Å². The molecule has 5 rings (SSSR count). The van der Waals surface area contributed by atoms with Crippen LogP contribution in [0.15, 0.2) is 89.9 Å². The zero-order valence-electron chi connectivity index (χ0n) is 20.8. The number of hydrogen-bond acceptors (Lipinski definition) is 6. The average Bonchev–Trinajstić information content (AvgIpc) is 3.33. The van der Waals surface area contributed by atoms with Crippen molar-refractivity contribution in [3.8, 4) is 22.9 Å². The van der Waals surface area contributed by atoms with Gasteiger partial charge in [0.2, 0.25) is 5.43 Å². The first kappa shape index (κ1) is 25.1. The Balaban J connectivity index is 1.63. The smallest absolute Gasteiger partial charge is 0.359 e. The highest BCUT2D eigenvalue weighted by molar-refractivity contribution is 6.32. The van der Waals surface area contributed by atoms with Crippen molar-refractivity contribution in [3.05, 3.63) is 112 Å². The number of aromatic nitrogens is 3. The summed E-state index contributed by atoms with van der Waals surface area (Å²) < 4.78 is 19.7. The van der Waals surface area contributed by atoms with Crippen molar-refractivity contribution in [2.24, 2.45) is 0 Å². The zero-order valence-corrected chi connectivity index (χ0v) is 21.5. The van der Waals surface area contributed by atoms with E-state index < -0.39 is 5.97 Å². The first-order valence-corrected chi connectivity index (χ1v) is 12.3. The molecule has 3 aromatic carbocycles. The molecular formula is C29H24ClN3O5. The van der Waals surface area contributed by atoms with Crippen molar-refractivity contribution < 1.29 is 19.0 Å². The van der Waals surface area contributed by atoms with E-state index in [0.29, 0.717) is 29.2 Å². The summed E-state index contributed by atoms with van der Waals surface area (Å²) in [6.07, 6.45) is 1.64. The van der Waals surface area contributed by atoms with E-state index in [9.17, 15) is 9.59 Å². The minimum absolute atomic E-state index is 0.103. The minimum Gasteiger partial charge on any atom is -0.497 e. The lowest BCUT2D eigenvalue weighted by Gasteiger charge is -2.13. The van der Waals surface area contributed by atoms with Gasteiger partial charge in [-0.15, -0.1) is 0 Å². The van der Waals surface area contributed by atoms with Crippen LogP contribution < -0.4 is 14.9 Å². The Morgan fingerprint density at radius 2 is 1.68 bits per heavy atom.